The van der Waals surface area contributed by atoms with Crippen LogP contribution in [0.4, 0.5) is 0 Å². The van der Waals surface area contributed by atoms with Gasteiger partial charge in [0.15, 0.2) is 0 Å². The van der Waals surface area contributed by atoms with Crippen LogP contribution in [0.2, 0.25) is 0 Å². The number of rotatable bonds is 4. The van der Waals surface area contributed by atoms with Crippen molar-refractivity contribution in [3.63, 3.8) is 0 Å². The lowest BCUT2D eigenvalue weighted by molar-refractivity contribution is 0.202. The summed E-state index contributed by atoms with van der Waals surface area (Å²) >= 11 is 0. The topological polar surface area (TPSA) is 28.4 Å². The Kier molecular flexibility index (Phi) is 5.50. The molecule has 1 atom stereocenters. The quantitative estimate of drug-likeness (QED) is 0.910. The van der Waals surface area contributed by atoms with Crippen LogP contribution in [0.1, 0.15) is 57.1 Å². The minimum Gasteiger partial charge on any atom is -0.465 e. The Bertz CT molecular complexity index is 445. The molecule has 2 rings (SSSR count). The van der Waals surface area contributed by atoms with E-state index in [1.54, 1.807) is 0 Å². The zero-order valence-corrected chi connectivity index (χ0v) is 14.5. The monoisotopic (exact) mass is 292 g/mol. The molecule has 1 unspecified atom stereocenters. The van der Waals surface area contributed by atoms with E-state index in [-0.39, 0.29) is 0 Å². The molecule has 3 heteroatoms. The highest BCUT2D eigenvalue weighted by atomic mass is 16.3. The molecule has 0 aromatic carbocycles. The SMILES string of the molecule is CNCc1cc(CN2CCCC(C(C)(C)C)CC2)oc1C. The van der Waals surface area contributed by atoms with Gasteiger partial charge in [-0.1, -0.05) is 20.8 Å². The molecule has 1 aromatic heterocycles. The zero-order valence-electron chi connectivity index (χ0n) is 14.5. The lowest BCUT2D eigenvalue weighted by Crippen LogP contribution is -2.25. The van der Waals surface area contributed by atoms with Crippen LogP contribution in [0.3, 0.4) is 0 Å². The molecule has 21 heavy (non-hydrogen) atoms. The van der Waals surface area contributed by atoms with E-state index in [4.69, 9.17) is 4.42 Å². The molecule has 1 aromatic rings. The van der Waals surface area contributed by atoms with Crippen LogP contribution in [-0.4, -0.2) is 25.0 Å². The molecule has 0 saturated carbocycles. The van der Waals surface area contributed by atoms with Crippen molar-refractivity contribution in [3.8, 4) is 0 Å². The number of hydrogen-bond acceptors (Lipinski definition) is 3. The summed E-state index contributed by atoms with van der Waals surface area (Å²) < 4.78 is 5.92. The average molecular weight is 292 g/mol. The molecule has 0 bridgehead atoms. The van der Waals surface area contributed by atoms with Gasteiger partial charge in [-0.2, -0.15) is 0 Å². The Labute approximate surface area is 130 Å². The molecule has 1 aliphatic heterocycles. The number of nitrogens with one attached hydrogen (secondary N) is 1. The Morgan fingerprint density at radius 2 is 2.05 bits per heavy atom. The second-order valence-electron chi connectivity index (χ2n) is 7.59. The van der Waals surface area contributed by atoms with Crippen LogP contribution in [0, 0.1) is 18.3 Å². The summed E-state index contributed by atoms with van der Waals surface area (Å²) in [6, 6.07) is 2.22. The minimum atomic E-state index is 0.442. The van der Waals surface area contributed by atoms with Crippen LogP contribution < -0.4 is 5.32 Å². The van der Waals surface area contributed by atoms with Gasteiger partial charge in [0, 0.05) is 12.1 Å². The maximum absolute atomic E-state index is 5.92. The van der Waals surface area contributed by atoms with Gasteiger partial charge in [0.2, 0.25) is 0 Å². The van der Waals surface area contributed by atoms with E-state index in [2.05, 4.69) is 44.0 Å². The first-order valence-electron chi connectivity index (χ1n) is 8.35. The first-order chi connectivity index (χ1) is 9.90. The van der Waals surface area contributed by atoms with Crippen LogP contribution in [0.25, 0.3) is 0 Å². The summed E-state index contributed by atoms with van der Waals surface area (Å²) in [5.74, 6) is 3.02. The molecule has 1 aliphatic rings. The van der Waals surface area contributed by atoms with Crippen LogP contribution in [0.15, 0.2) is 10.5 Å². The lowest BCUT2D eigenvalue weighted by atomic mass is 9.77. The maximum atomic E-state index is 5.92. The summed E-state index contributed by atoms with van der Waals surface area (Å²) in [4.78, 5) is 2.56. The fourth-order valence-corrected chi connectivity index (χ4v) is 3.43. The molecule has 3 nitrogen and oxygen atoms in total. The van der Waals surface area contributed by atoms with E-state index < -0.39 is 0 Å². The smallest absolute Gasteiger partial charge is 0.118 e. The van der Waals surface area contributed by atoms with E-state index in [9.17, 15) is 0 Å². The van der Waals surface area contributed by atoms with E-state index in [0.717, 1.165) is 30.5 Å². The zero-order chi connectivity index (χ0) is 15.5. The third-order valence-corrected chi connectivity index (χ3v) is 4.86. The van der Waals surface area contributed by atoms with Crippen LogP contribution >= 0.6 is 0 Å². The number of hydrogen-bond donors (Lipinski definition) is 1. The van der Waals surface area contributed by atoms with Crippen molar-refractivity contribution in [1.82, 2.24) is 10.2 Å². The van der Waals surface area contributed by atoms with Crippen molar-refractivity contribution in [1.29, 1.82) is 0 Å². The van der Waals surface area contributed by atoms with Crippen molar-refractivity contribution >= 4 is 0 Å². The van der Waals surface area contributed by atoms with Gasteiger partial charge in [0.25, 0.3) is 0 Å². The summed E-state index contributed by atoms with van der Waals surface area (Å²) in [7, 11) is 1.98. The Morgan fingerprint density at radius 3 is 2.71 bits per heavy atom. The number of likely N-dealkylation sites (tertiary alicyclic amines) is 1. The summed E-state index contributed by atoms with van der Waals surface area (Å²) in [5.41, 5.74) is 1.73. The molecule has 0 aliphatic carbocycles. The number of furan rings is 1. The van der Waals surface area contributed by atoms with Gasteiger partial charge in [-0.05, 0) is 63.7 Å². The van der Waals surface area contributed by atoms with Gasteiger partial charge < -0.3 is 9.73 Å². The van der Waals surface area contributed by atoms with E-state index in [0.29, 0.717) is 5.41 Å². The maximum Gasteiger partial charge on any atom is 0.118 e. The molecule has 0 spiro atoms. The second-order valence-corrected chi connectivity index (χ2v) is 7.59. The first kappa shape index (κ1) is 16.6. The fraction of sp³-hybridized carbons (Fsp3) is 0.778. The third-order valence-electron chi connectivity index (χ3n) is 4.86. The van der Waals surface area contributed by atoms with Crippen molar-refractivity contribution < 1.29 is 4.42 Å². The molecule has 1 fully saturated rings. The van der Waals surface area contributed by atoms with Gasteiger partial charge in [0.05, 0.1) is 6.54 Å². The lowest BCUT2D eigenvalue weighted by Gasteiger charge is -2.29. The fourth-order valence-electron chi connectivity index (χ4n) is 3.43. The number of aryl methyl sites for hydroxylation is 1. The highest BCUT2D eigenvalue weighted by Crippen LogP contribution is 2.34. The standard InChI is InChI=1S/C18H32N2O/c1-14-15(12-19-5)11-17(21-14)13-20-9-6-7-16(8-10-20)18(2,3)4/h11,16,19H,6-10,12-13H2,1-5H3. The van der Waals surface area contributed by atoms with Crippen molar-refractivity contribution in [2.45, 2.75) is 60.0 Å². The first-order valence-corrected chi connectivity index (χ1v) is 8.35. The van der Waals surface area contributed by atoms with Gasteiger partial charge >= 0.3 is 0 Å². The summed E-state index contributed by atoms with van der Waals surface area (Å²) in [6.45, 7) is 13.5. The Hall–Kier alpha value is -0.800. The third kappa shape index (κ3) is 4.58. The van der Waals surface area contributed by atoms with Gasteiger partial charge in [-0.25, -0.2) is 0 Å². The van der Waals surface area contributed by atoms with Crippen LogP contribution in [-0.2, 0) is 13.1 Å². The molecule has 1 N–H and O–H groups in total. The highest BCUT2D eigenvalue weighted by molar-refractivity contribution is 5.20. The van der Waals surface area contributed by atoms with Gasteiger partial charge in [-0.3, -0.25) is 4.90 Å². The van der Waals surface area contributed by atoms with E-state index in [1.807, 2.05) is 7.05 Å². The molecule has 1 saturated heterocycles. The van der Waals surface area contributed by atoms with Crippen LogP contribution in [0.5, 0.6) is 0 Å². The Balaban J connectivity index is 1.93. The number of nitrogens with zero attached hydrogens (tertiary/aromatic N) is 1. The molecule has 0 radical (unpaired) electrons. The second kappa shape index (κ2) is 6.97. The summed E-state index contributed by atoms with van der Waals surface area (Å²) in [5, 5.41) is 3.20. The molecule has 120 valence electrons. The average Bonchev–Trinajstić information content (AvgIpc) is 2.61. The van der Waals surface area contributed by atoms with Crippen molar-refractivity contribution in [3.05, 3.63) is 23.2 Å². The van der Waals surface area contributed by atoms with E-state index >= 15 is 0 Å². The van der Waals surface area contributed by atoms with Gasteiger partial charge in [0.1, 0.15) is 11.5 Å². The van der Waals surface area contributed by atoms with E-state index in [1.165, 1.54) is 37.9 Å². The largest absolute Gasteiger partial charge is 0.465 e. The molecular formula is C18H32N2O. The van der Waals surface area contributed by atoms with Crippen molar-refractivity contribution in [2.24, 2.45) is 11.3 Å². The molecular weight excluding hydrogens is 260 g/mol. The predicted molar refractivity (Wildman–Crippen MR) is 88.3 cm³/mol. The highest BCUT2D eigenvalue weighted by Gasteiger charge is 2.27. The summed E-state index contributed by atoms with van der Waals surface area (Å²) in [6.07, 6.45) is 3.99. The molecule has 0 amide bonds. The predicted octanol–water partition coefficient (Wildman–Crippen LogP) is 3.96. The minimum absolute atomic E-state index is 0.442. The normalized spacial score (nSPS) is 21.5. The van der Waals surface area contributed by atoms with Crippen molar-refractivity contribution in [2.75, 3.05) is 20.1 Å². The molecule has 2 heterocycles. The van der Waals surface area contributed by atoms with Gasteiger partial charge in [-0.15, -0.1) is 0 Å². The Morgan fingerprint density at radius 1 is 1.29 bits per heavy atom.